The Hall–Kier alpha value is -3.29. The number of benzene rings is 2. The van der Waals surface area contributed by atoms with E-state index in [1.807, 2.05) is 0 Å². The van der Waals surface area contributed by atoms with Crippen LogP contribution in [0.15, 0.2) is 42.5 Å². The predicted molar refractivity (Wildman–Crippen MR) is 87.7 cm³/mol. The molecule has 26 heavy (non-hydrogen) atoms. The lowest BCUT2D eigenvalue weighted by molar-refractivity contribution is -0.119. The highest BCUT2D eigenvalue weighted by Gasteiger charge is 2.16. The van der Waals surface area contributed by atoms with Crippen LogP contribution in [0.5, 0.6) is 0 Å². The summed E-state index contributed by atoms with van der Waals surface area (Å²) < 4.78 is 35.8. The van der Waals surface area contributed by atoms with Gasteiger partial charge in [0.25, 0.3) is 5.91 Å². The molecule has 1 N–H and O–H groups in total. The van der Waals surface area contributed by atoms with Gasteiger partial charge in [0, 0.05) is 6.07 Å². The fourth-order valence-electron chi connectivity index (χ4n) is 2.05. The number of amides is 1. The molecule has 0 bridgehead atoms. The van der Waals surface area contributed by atoms with Crippen LogP contribution in [0.2, 0.25) is 0 Å². The third-order valence-electron chi connectivity index (χ3n) is 3.13. The van der Waals surface area contributed by atoms with E-state index >= 15 is 0 Å². The van der Waals surface area contributed by atoms with E-state index in [1.54, 1.807) is 19.1 Å². The highest BCUT2D eigenvalue weighted by Crippen LogP contribution is 2.16. The molecule has 0 saturated heterocycles. The Morgan fingerprint density at radius 2 is 1.62 bits per heavy atom. The Morgan fingerprint density at radius 3 is 2.27 bits per heavy atom. The molecule has 0 spiro atoms. The van der Waals surface area contributed by atoms with Gasteiger partial charge in [0.05, 0.1) is 23.4 Å². The van der Waals surface area contributed by atoms with Crippen molar-refractivity contribution in [2.75, 3.05) is 18.5 Å². The minimum Gasteiger partial charge on any atom is -0.462 e. The number of esters is 2. The number of rotatable bonds is 6. The van der Waals surface area contributed by atoms with Crippen molar-refractivity contribution in [3.8, 4) is 0 Å². The molecule has 0 fully saturated rings. The molecule has 0 heterocycles. The van der Waals surface area contributed by atoms with Crippen LogP contribution in [-0.2, 0) is 14.3 Å². The second-order valence-corrected chi connectivity index (χ2v) is 5.05. The van der Waals surface area contributed by atoms with E-state index in [1.165, 1.54) is 12.1 Å². The van der Waals surface area contributed by atoms with Crippen LogP contribution in [-0.4, -0.2) is 31.1 Å². The summed E-state index contributed by atoms with van der Waals surface area (Å²) in [5.74, 6) is -4.28. The first-order valence-corrected chi connectivity index (χ1v) is 7.60. The van der Waals surface area contributed by atoms with Gasteiger partial charge in [-0.3, -0.25) is 4.79 Å². The fourth-order valence-corrected chi connectivity index (χ4v) is 2.05. The summed E-state index contributed by atoms with van der Waals surface area (Å²) in [4.78, 5) is 35.5. The molecule has 6 nitrogen and oxygen atoms in total. The zero-order valence-corrected chi connectivity index (χ0v) is 13.8. The van der Waals surface area contributed by atoms with E-state index in [0.717, 1.165) is 12.1 Å². The van der Waals surface area contributed by atoms with Crippen molar-refractivity contribution in [2.24, 2.45) is 0 Å². The van der Waals surface area contributed by atoms with Gasteiger partial charge in [-0.1, -0.05) is 12.1 Å². The topological polar surface area (TPSA) is 81.7 Å². The second kappa shape index (κ2) is 8.70. The van der Waals surface area contributed by atoms with Crippen molar-refractivity contribution in [1.29, 1.82) is 0 Å². The van der Waals surface area contributed by atoms with Crippen molar-refractivity contribution in [3.05, 3.63) is 65.2 Å². The smallest absolute Gasteiger partial charge is 0.340 e. The normalized spacial score (nSPS) is 10.1. The number of hydrogen-bond acceptors (Lipinski definition) is 5. The lowest BCUT2D eigenvalue weighted by Crippen LogP contribution is -2.22. The number of halogens is 2. The largest absolute Gasteiger partial charge is 0.462 e. The molecule has 0 unspecified atom stereocenters. The predicted octanol–water partition coefficient (Wildman–Crippen LogP) is 2.94. The Labute approximate surface area is 147 Å². The lowest BCUT2D eigenvalue weighted by atomic mass is 10.2. The number of ether oxygens (including phenoxy) is 2. The van der Waals surface area contributed by atoms with Crippen molar-refractivity contribution in [3.63, 3.8) is 0 Å². The average molecular weight is 363 g/mol. The summed E-state index contributed by atoms with van der Waals surface area (Å²) in [5, 5.41) is 2.41. The third kappa shape index (κ3) is 5.10. The van der Waals surface area contributed by atoms with E-state index in [2.05, 4.69) is 5.32 Å². The van der Waals surface area contributed by atoms with Crippen LogP contribution in [0.1, 0.15) is 27.6 Å². The maximum Gasteiger partial charge on any atom is 0.340 e. The van der Waals surface area contributed by atoms with Crippen LogP contribution in [0.4, 0.5) is 14.5 Å². The SMILES string of the molecule is CCOC(=O)c1ccccc1NC(=O)COC(=O)c1cc(F)cc(F)c1. The van der Waals surface area contributed by atoms with Gasteiger partial charge in [0.1, 0.15) is 11.6 Å². The van der Waals surface area contributed by atoms with Crippen LogP contribution in [0.25, 0.3) is 0 Å². The number of anilines is 1. The minimum absolute atomic E-state index is 0.140. The number of para-hydroxylation sites is 1. The van der Waals surface area contributed by atoms with Crippen LogP contribution < -0.4 is 5.32 Å². The van der Waals surface area contributed by atoms with Crippen LogP contribution in [0.3, 0.4) is 0 Å². The molecule has 1 amide bonds. The molecule has 0 aromatic heterocycles. The van der Waals surface area contributed by atoms with Gasteiger partial charge >= 0.3 is 11.9 Å². The molecule has 0 radical (unpaired) electrons. The summed E-state index contributed by atoms with van der Waals surface area (Å²) in [6.07, 6.45) is 0. The zero-order valence-electron chi connectivity index (χ0n) is 13.8. The summed E-state index contributed by atoms with van der Waals surface area (Å²) in [6.45, 7) is 1.12. The average Bonchev–Trinajstić information content (AvgIpc) is 2.59. The highest BCUT2D eigenvalue weighted by atomic mass is 19.1. The van der Waals surface area contributed by atoms with Crippen LogP contribution in [0, 0.1) is 11.6 Å². The molecule has 2 aromatic rings. The molecule has 2 rings (SSSR count). The Kier molecular flexibility index (Phi) is 6.37. The molecule has 8 heteroatoms. The standard InChI is InChI=1S/C18H15F2NO5/c1-2-25-18(24)14-5-3-4-6-15(14)21-16(22)10-26-17(23)11-7-12(19)9-13(20)8-11/h3-9H,2,10H2,1H3,(H,21,22). The van der Waals surface area contributed by atoms with E-state index < -0.39 is 36.1 Å². The van der Waals surface area contributed by atoms with E-state index in [9.17, 15) is 23.2 Å². The monoisotopic (exact) mass is 363 g/mol. The molecule has 0 atom stereocenters. The number of hydrogen-bond donors (Lipinski definition) is 1. The number of carbonyl (C=O) groups excluding carboxylic acids is 3. The number of nitrogens with one attached hydrogen (secondary N) is 1. The minimum atomic E-state index is -1.06. The molecular formula is C18H15F2NO5. The maximum atomic E-state index is 13.1. The first-order chi connectivity index (χ1) is 12.4. The lowest BCUT2D eigenvalue weighted by Gasteiger charge is -2.10. The molecule has 136 valence electrons. The van der Waals surface area contributed by atoms with E-state index in [0.29, 0.717) is 6.07 Å². The van der Waals surface area contributed by atoms with Gasteiger partial charge in [-0.05, 0) is 31.2 Å². The maximum absolute atomic E-state index is 13.1. The first kappa shape index (κ1) is 19.0. The molecule has 0 aliphatic heterocycles. The second-order valence-electron chi connectivity index (χ2n) is 5.05. The molecule has 2 aromatic carbocycles. The summed E-state index contributed by atoms with van der Waals surface area (Å²) in [7, 11) is 0. The Bertz CT molecular complexity index is 818. The zero-order chi connectivity index (χ0) is 19.1. The summed E-state index contributed by atoms with van der Waals surface area (Å²) >= 11 is 0. The van der Waals surface area contributed by atoms with Crippen molar-refractivity contribution in [2.45, 2.75) is 6.92 Å². The summed E-state index contributed by atoms with van der Waals surface area (Å²) in [5.41, 5.74) is -0.0350. The van der Waals surface area contributed by atoms with E-state index in [-0.39, 0.29) is 23.4 Å². The van der Waals surface area contributed by atoms with Crippen LogP contribution >= 0.6 is 0 Å². The van der Waals surface area contributed by atoms with Gasteiger partial charge in [-0.2, -0.15) is 0 Å². The highest BCUT2D eigenvalue weighted by molar-refractivity contribution is 6.02. The first-order valence-electron chi connectivity index (χ1n) is 7.60. The number of carbonyl (C=O) groups is 3. The van der Waals surface area contributed by atoms with Gasteiger partial charge in [0.15, 0.2) is 6.61 Å². The molecular weight excluding hydrogens is 348 g/mol. The molecule has 0 saturated carbocycles. The molecule has 0 aliphatic carbocycles. The summed E-state index contributed by atoms with van der Waals surface area (Å²) in [6, 6.07) is 8.33. The Balaban J connectivity index is 1.99. The van der Waals surface area contributed by atoms with Crippen molar-refractivity contribution in [1.82, 2.24) is 0 Å². The van der Waals surface area contributed by atoms with Crippen molar-refractivity contribution >= 4 is 23.5 Å². The fraction of sp³-hybridized carbons (Fsp3) is 0.167. The van der Waals surface area contributed by atoms with Crippen molar-refractivity contribution < 1.29 is 32.6 Å². The molecule has 0 aliphatic rings. The van der Waals surface area contributed by atoms with Gasteiger partial charge < -0.3 is 14.8 Å². The van der Waals surface area contributed by atoms with Gasteiger partial charge in [-0.15, -0.1) is 0 Å². The van der Waals surface area contributed by atoms with Gasteiger partial charge in [-0.25, -0.2) is 18.4 Å². The quantitative estimate of drug-likeness (QED) is 0.798. The van der Waals surface area contributed by atoms with E-state index in [4.69, 9.17) is 9.47 Å². The van der Waals surface area contributed by atoms with Gasteiger partial charge in [0.2, 0.25) is 0 Å². The Morgan fingerprint density at radius 1 is 0.962 bits per heavy atom. The third-order valence-corrected chi connectivity index (χ3v) is 3.13.